The van der Waals surface area contributed by atoms with Crippen LogP contribution >= 0.6 is 46.4 Å². The van der Waals surface area contributed by atoms with Crippen LogP contribution in [0.1, 0.15) is 32.9 Å². The van der Waals surface area contributed by atoms with Gasteiger partial charge in [-0.3, -0.25) is 14.2 Å². The summed E-state index contributed by atoms with van der Waals surface area (Å²) in [5.74, 6) is -0.0650. The van der Waals surface area contributed by atoms with Gasteiger partial charge in [-0.05, 0) is 43.7 Å². The molecule has 0 aliphatic heterocycles. The molecule has 0 unspecified atom stereocenters. The summed E-state index contributed by atoms with van der Waals surface area (Å²) in [5, 5.41) is 13.6. The summed E-state index contributed by atoms with van der Waals surface area (Å²) in [6.45, 7) is 4.67. The SMILES string of the molecule is Cc1nn(Cc2ccc(C(=O)Nc3nn(Cc4c(Cl)cccc4Cl)cc3Cl)cc2)c(C)c1Cl. The number of hydrogen-bond donors (Lipinski definition) is 1. The Bertz CT molecular complexity index is 1310. The first-order chi connectivity index (χ1) is 15.7. The van der Waals surface area contributed by atoms with Crippen molar-refractivity contribution in [2.24, 2.45) is 0 Å². The van der Waals surface area contributed by atoms with Crippen molar-refractivity contribution < 1.29 is 4.79 Å². The number of amides is 1. The summed E-state index contributed by atoms with van der Waals surface area (Å²) in [5.41, 5.74) is 3.88. The second-order valence-electron chi connectivity index (χ2n) is 7.52. The minimum Gasteiger partial charge on any atom is -0.304 e. The molecule has 170 valence electrons. The van der Waals surface area contributed by atoms with E-state index in [1.165, 1.54) is 0 Å². The van der Waals surface area contributed by atoms with Gasteiger partial charge >= 0.3 is 0 Å². The Morgan fingerprint density at radius 3 is 2.18 bits per heavy atom. The molecule has 0 aliphatic rings. The molecule has 0 aliphatic carbocycles. The van der Waals surface area contributed by atoms with Crippen LogP contribution in [0.5, 0.6) is 0 Å². The van der Waals surface area contributed by atoms with Crippen LogP contribution in [0.2, 0.25) is 20.1 Å². The number of carbonyl (C=O) groups is 1. The Hall–Kier alpha value is -2.51. The Morgan fingerprint density at radius 1 is 0.909 bits per heavy atom. The first kappa shape index (κ1) is 23.6. The molecule has 10 heteroatoms. The highest BCUT2D eigenvalue weighted by molar-refractivity contribution is 6.36. The fourth-order valence-electron chi connectivity index (χ4n) is 3.35. The van der Waals surface area contributed by atoms with E-state index in [-0.39, 0.29) is 11.7 Å². The lowest BCUT2D eigenvalue weighted by Gasteiger charge is -2.07. The predicted octanol–water partition coefficient (Wildman–Crippen LogP) is 6.66. The highest BCUT2D eigenvalue weighted by Gasteiger charge is 2.15. The van der Waals surface area contributed by atoms with Crippen molar-refractivity contribution in [1.82, 2.24) is 19.6 Å². The molecule has 33 heavy (non-hydrogen) atoms. The van der Waals surface area contributed by atoms with Gasteiger partial charge in [0.05, 0.1) is 29.5 Å². The largest absolute Gasteiger partial charge is 0.304 e. The topological polar surface area (TPSA) is 64.7 Å². The fourth-order valence-corrected chi connectivity index (χ4v) is 4.20. The smallest absolute Gasteiger partial charge is 0.256 e. The first-order valence-electron chi connectivity index (χ1n) is 9.98. The zero-order valence-corrected chi connectivity index (χ0v) is 20.8. The van der Waals surface area contributed by atoms with Crippen LogP contribution in [-0.4, -0.2) is 25.5 Å². The molecule has 0 bridgehead atoms. The van der Waals surface area contributed by atoms with Gasteiger partial charge in [-0.1, -0.05) is 64.6 Å². The third kappa shape index (κ3) is 5.20. The Labute approximate surface area is 211 Å². The van der Waals surface area contributed by atoms with Crippen LogP contribution in [0.25, 0.3) is 0 Å². The monoisotopic (exact) mass is 521 g/mol. The third-order valence-corrected chi connectivity index (χ3v) is 6.70. The summed E-state index contributed by atoms with van der Waals surface area (Å²) < 4.78 is 3.41. The second kappa shape index (κ2) is 9.77. The molecule has 0 atom stereocenters. The van der Waals surface area contributed by atoms with E-state index in [9.17, 15) is 4.79 Å². The minimum absolute atomic E-state index is 0.256. The molecular weight excluding hydrogens is 504 g/mol. The van der Waals surface area contributed by atoms with E-state index >= 15 is 0 Å². The molecule has 0 saturated heterocycles. The summed E-state index contributed by atoms with van der Waals surface area (Å²) in [6.07, 6.45) is 1.61. The molecule has 4 aromatic rings. The average molecular weight is 523 g/mol. The summed E-state index contributed by atoms with van der Waals surface area (Å²) in [4.78, 5) is 12.7. The van der Waals surface area contributed by atoms with E-state index in [2.05, 4.69) is 15.5 Å². The van der Waals surface area contributed by atoms with Gasteiger partial charge in [0.15, 0.2) is 5.82 Å². The van der Waals surface area contributed by atoms with E-state index in [1.54, 1.807) is 41.2 Å². The zero-order chi connectivity index (χ0) is 23.7. The van der Waals surface area contributed by atoms with E-state index in [0.717, 1.165) is 22.5 Å². The molecule has 2 heterocycles. The molecule has 1 amide bonds. The second-order valence-corrected chi connectivity index (χ2v) is 9.12. The molecule has 1 N–H and O–H groups in total. The molecule has 0 spiro atoms. The number of hydrogen-bond acceptors (Lipinski definition) is 3. The van der Waals surface area contributed by atoms with Gasteiger partial charge in [0.25, 0.3) is 5.91 Å². The van der Waals surface area contributed by atoms with Gasteiger partial charge in [-0.2, -0.15) is 10.2 Å². The lowest BCUT2D eigenvalue weighted by atomic mass is 10.1. The van der Waals surface area contributed by atoms with E-state index < -0.39 is 0 Å². The van der Waals surface area contributed by atoms with Crippen LogP contribution in [0, 0.1) is 13.8 Å². The molecule has 4 rings (SSSR count). The summed E-state index contributed by atoms with van der Waals surface area (Å²) in [7, 11) is 0. The summed E-state index contributed by atoms with van der Waals surface area (Å²) in [6, 6.07) is 12.5. The molecule has 2 aromatic heterocycles. The van der Waals surface area contributed by atoms with E-state index in [1.807, 2.05) is 30.7 Å². The van der Waals surface area contributed by atoms with Crippen molar-refractivity contribution in [3.63, 3.8) is 0 Å². The number of aromatic nitrogens is 4. The normalized spacial score (nSPS) is 11.1. The molecule has 2 aromatic carbocycles. The van der Waals surface area contributed by atoms with Gasteiger partial charge in [-0.15, -0.1) is 0 Å². The number of anilines is 1. The quantitative estimate of drug-likeness (QED) is 0.308. The highest BCUT2D eigenvalue weighted by Crippen LogP contribution is 2.27. The highest BCUT2D eigenvalue weighted by atomic mass is 35.5. The van der Waals surface area contributed by atoms with Crippen molar-refractivity contribution in [2.75, 3.05) is 5.32 Å². The lowest BCUT2D eigenvalue weighted by molar-refractivity contribution is 0.102. The maximum Gasteiger partial charge on any atom is 0.256 e. The van der Waals surface area contributed by atoms with Crippen molar-refractivity contribution in [2.45, 2.75) is 26.9 Å². The van der Waals surface area contributed by atoms with Gasteiger partial charge in [0.2, 0.25) is 0 Å². The van der Waals surface area contributed by atoms with Crippen LogP contribution in [0.4, 0.5) is 5.82 Å². The van der Waals surface area contributed by atoms with Gasteiger partial charge in [0, 0.05) is 27.4 Å². The molecular formula is C23H19Cl4N5O. The first-order valence-corrected chi connectivity index (χ1v) is 11.5. The van der Waals surface area contributed by atoms with Crippen molar-refractivity contribution in [1.29, 1.82) is 0 Å². The van der Waals surface area contributed by atoms with Crippen LogP contribution in [0.3, 0.4) is 0 Å². The zero-order valence-electron chi connectivity index (χ0n) is 17.7. The fraction of sp³-hybridized carbons (Fsp3) is 0.174. The maximum atomic E-state index is 12.7. The number of halogens is 4. The Kier molecular flexibility index (Phi) is 7.00. The Balaban J connectivity index is 1.44. The average Bonchev–Trinajstić information content (AvgIpc) is 3.24. The van der Waals surface area contributed by atoms with Crippen molar-refractivity contribution in [3.05, 3.63) is 96.8 Å². The standard InChI is InChI=1S/C23H19Cl4N5O/c1-13-21(27)14(2)32(29-13)10-15-6-8-16(9-7-15)23(33)28-22-20(26)12-31(30-22)11-17-18(24)4-3-5-19(17)25/h3-9,12H,10-11H2,1-2H3,(H,28,30,33). The van der Waals surface area contributed by atoms with Crippen LogP contribution in [-0.2, 0) is 13.1 Å². The van der Waals surface area contributed by atoms with Gasteiger partial charge in [0.1, 0.15) is 5.02 Å². The molecule has 6 nitrogen and oxygen atoms in total. The van der Waals surface area contributed by atoms with Crippen molar-refractivity contribution in [3.8, 4) is 0 Å². The number of nitrogens with zero attached hydrogens (tertiary/aromatic N) is 4. The number of aryl methyl sites for hydroxylation is 1. The number of benzene rings is 2. The lowest BCUT2D eigenvalue weighted by Crippen LogP contribution is -2.13. The Morgan fingerprint density at radius 2 is 1.58 bits per heavy atom. The number of nitrogens with one attached hydrogen (secondary N) is 1. The van der Waals surface area contributed by atoms with E-state index in [0.29, 0.717) is 38.7 Å². The minimum atomic E-state index is -0.321. The molecule has 0 fully saturated rings. The van der Waals surface area contributed by atoms with Crippen molar-refractivity contribution >= 4 is 58.1 Å². The van der Waals surface area contributed by atoms with Crippen LogP contribution < -0.4 is 5.32 Å². The summed E-state index contributed by atoms with van der Waals surface area (Å²) >= 11 is 25.0. The molecule has 0 saturated carbocycles. The van der Waals surface area contributed by atoms with Gasteiger partial charge < -0.3 is 5.32 Å². The maximum absolute atomic E-state index is 12.7. The number of carbonyl (C=O) groups excluding carboxylic acids is 1. The molecule has 0 radical (unpaired) electrons. The predicted molar refractivity (Wildman–Crippen MR) is 133 cm³/mol. The van der Waals surface area contributed by atoms with E-state index in [4.69, 9.17) is 46.4 Å². The number of rotatable bonds is 6. The third-order valence-electron chi connectivity index (χ3n) is 5.17. The van der Waals surface area contributed by atoms with Crippen LogP contribution in [0.15, 0.2) is 48.7 Å². The van der Waals surface area contributed by atoms with Gasteiger partial charge in [-0.25, -0.2) is 0 Å².